The van der Waals surface area contributed by atoms with Gasteiger partial charge in [0.15, 0.2) is 0 Å². The van der Waals surface area contributed by atoms with Gasteiger partial charge >= 0.3 is 0 Å². The Morgan fingerprint density at radius 2 is 2.27 bits per heavy atom. The predicted molar refractivity (Wildman–Crippen MR) is 62.1 cm³/mol. The summed E-state index contributed by atoms with van der Waals surface area (Å²) in [5.74, 6) is 0. The van der Waals surface area contributed by atoms with E-state index in [1.54, 1.807) is 0 Å². The summed E-state index contributed by atoms with van der Waals surface area (Å²) in [5, 5.41) is 7.36. The molecule has 2 aliphatic rings. The van der Waals surface area contributed by atoms with Gasteiger partial charge in [-0.15, -0.1) is 0 Å². The fraction of sp³-hybridized carbons (Fsp3) is 1.00. The molecular formula is C12H24N2O. The minimum atomic E-state index is 0.215. The van der Waals surface area contributed by atoms with Gasteiger partial charge in [0.05, 0.1) is 6.61 Å². The largest absolute Gasteiger partial charge is 0.379 e. The monoisotopic (exact) mass is 212 g/mol. The summed E-state index contributed by atoms with van der Waals surface area (Å²) in [5.41, 5.74) is 0.568. The molecule has 0 aliphatic carbocycles. The van der Waals surface area contributed by atoms with Gasteiger partial charge in [-0.25, -0.2) is 0 Å². The van der Waals surface area contributed by atoms with Crippen molar-refractivity contribution < 1.29 is 4.74 Å². The van der Waals surface area contributed by atoms with Crippen molar-refractivity contribution in [1.82, 2.24) is 10.6 Å². The Morgan fingerprint density at radius 1 is 1.40 bits per heavy atom. The molecule has 2 heterocycles. The number of rotatable bonds is 4. The molecule has 88 valence electrons. The molecule has 0 spiro atoms. The van der Waals surface area contributed by atoms with Gasteiger partial charge in [0.2, 0.25) is 0 Å². The van der Waals surface area contributed by atoms with Crippen LogP contribution in [0.4, 0.5) is 0 Å². The molecule has 0 aromatic heterocycles. The maximum atomic E-state index is 5.46. The van der Waals surface area contributed by atoms with Crippen molar-refractivity contribution >= 4 is 0 Å². The van der Waals surface area contributed by atoms with E-state index in [4.69, 9.17) is 4.74 Å². The lowest BCUT2D eigenvalue weighted by atomic mass is 9.92. The molecular weight excluding hydrogens is 188 g/mol. The molecule has 0 radical (unpaired) electrons. The summed E-state index contributed by atoms with van der Waals surface area (Å²) in [7, 11) is 0. The first-order valence-electron chi connectivity index (χ1n) is 6.26. The third-order valence-electron chi connectivity index (χ3n) is 4.08. The second kappa shape index (κ2) is 4.40. The molecule has 2 aliphatic heterocycles. The van der Waals surface area contributed by atoms with Gasteiger partial charge in [0, 0.05) is 24.2 Å². The predicted octanol–water partition coefficient (Wildman–Crippen LogP) is 1.29. The molecule has 0 amide bonds. The number of hydrogen-bond donors (Lipinski definition) is 2. The molecule has 2 rings (SSSR count). The Bertz CT molecular complexity index is 206. The van der Waals surface area contributed by atoms with Crippen LogP contribution in [-0.2, 0) is 4.74 Å². The van der Waals surface area contributed by atoms with Crippen molar-refractivity contribution in [2.75, 3.05) is 26.3 Å². The van der Waals surface area contributed by atoms with E-state index < -0.39 is 0 Å². The maximum Gasteiger partial charge on any atom is 0.0646 e. The van der Waals surface area contributed by atoms with Crippen LogP contribution in [0.25, 0.3) is 0 Å². The Balaban J connectivity index is 1.85. The van der Waals surface area contributed by atoms with E-state index in [1.165, 1.54) is 25.8 Å². The van der Waals surface area contributed by atoms with Crippen molar-refractivity contribution in [3.8, 4) is 0 Å². The van der Waals surface area contributed by atoms with Crippen LogP contribution in [0.15, 0.2) is 0 Å². The highest BCUT2D eigenvalue weighted by atomic mass is 16.5. The lowest BCUT2D eigenvalue weighted by molar-refractivity contribution is 0.166. The fourth-order valence-corrected chi connectivity index (χ4v) is 2.64. The van der Waals surface area contributed by atoms with Crippen LogP contribution in [0, 0.1) is 0 Å². The topological polar surface area (TPSA) is 33.3 Å². The fourth-order valence-electron chi connectivity index (χ4n) is 2.64. The molecule has 2 atom stereocenters. The quantitative estimate of drug-likeness (QED) is 0.736. The average Bonchev–Trinajstić information content (AvgIpc) is 2.86. The molecule has 0 aromatic rings. The number of ether oxygens (including phenoxy) is 1. The van der Waals surface area contributed by atoms with Crippen LogP contribution < -0.4 is 10.6 Å². The molecule has 0 aromatic carbocycles. The highest BCUT2D eigenvalue weighted by molar-refractivity contribution is 4.97. The molecule has 0 saturated carbocycles. The van der Waals surface area contributed by atoms with Gasteiger partial charge in [-0.05, 0) is 39.2 Å². The number of hydrogen-bond acceptors (Lipinski definition) is 3. The van der Waals surface area contributed by atoms with Crippen LogP contribution in [0.1, 0.15) is 39.5 Å². The molecule has 2 fully saturated rings. The smallest absolute Gasteiger partial charge is 0.0646 e. The minimum Gasteiger partial charge on any atom is -0.379 e. The van der Waals surface area contributed by atoms with Crippen molar-refractivity contribution in [3.63, 3.8) is 0 Å². The zero-order valence-corrected chi connectivity index (χ0v) is 10.1. The van der Waals surface area contributed by atoms with Gasteiger partial charge in [-0.2, -0.15) is 0 Å². The first kappa shape index (κ1) is 11.4. The lowest BCUT2D eigenvalue weighted by Gasteiger charge is -2.33. The molecule has 15 heavy (non-hydrogen) atoms. The first-order chi connectivity index (χ1) is 7.18. The zero-order valence-electron chi connectivity index (χ0n) is 10.1. The van der Waals surface area contributed by atoms with Crippen molar-refractivity contribution in [1.29, 1.82) is 0 Å². The third kappa shape index (κ3) is 2.52. The van der Waals surface area contributed by atoms with E-state index in [0.29, 0.717) is 5.54 Å². The van der Waals surface area contributed by atoms with Crippen LogP contribution >= 0.6 is 0 Å². The van der Waals surface area contributed by atoms with E-state index in [-0.39, 0.29) is 5.54 Å². The average molecular weight is 212 g/mol. The second-order valence-electron chi connectivity index (χ2n) is 5.38. The Labute approximate surface area is 93.0 Å². The van der Waals surface area contributed by atoms with Gasteiger partial charge in [-0.3, -0.25) is 0 Å². The minimum absolute atomic E-state index is 0.215. The van der Waals surface area contributed by atoms with Gasteiger partial charge in [0.1, 0.15) is 0 Å². The summed E-state index contributed by atoms with van der Waals surface area (Å²) < 4.78 is 5.46. The zero-order chi connectivity index (χ0) is 10.8. The first-order valence-corrected chi connectivity index (χ1v) is 6.26. The van der Waals surface area contributed by atoms with Gasteiger partial charge in [-0.1, -0.05) is 6.92 Å². The van der Waals surface area contributed by atoms with Crippen molar-refractivity contribution in [2.45, 2.75) is 50.6 Å². The van der Waals surface area contributed by atoms with Crippen LogP contribution in [-0.4, -0.2) is 37.4 Å². The van der Waals surface area contributed by atoms with E-state index in [1.807, 2.05) is 0 Å². The van der Waals surface area contributed by atoms with Gasteiger partial charge < -0.3 is 15.4 Å². The second-order valence-corrected chi connectivity index (χ2v) is 5.38. The summed E-state index contributed by atoms with van der Waals surface area (Å²) >= 11 is 0. The van der Waals surface area contributed by atoms with E-state index in [9.17, 15) is 0 Å². The molecule has 3 heteroatoms. The normalized spacial score (nSPS) is 41.2. The SMILES string of the molecule is CCC1(CNC2(C)CCOC2)CCCN1. The Kier molecular flexibility index (Phi) is 3.33. The van der Waals surface area contributed by atoms with Crippen LogP contribution in [0.3, 0.4) is 0 Å². The summed E-state index contributed by atoms with van der Waals surface area (Å²) in [4.78, 5) is 0. The highest BCUT2D eigenvalue weighted by Crippen LogP contribution is 2.24. The molecule has 3 nitrogen and oxygen atoms in total. The van der Waals surface area contributed by atoms with E-state index in [2.05, 4.69) is 24.5 Å². The van der Waals surface area contributed by atoms with Crippen LogP contribution in [0.5, 0.6) is 0 Å². The number of nitrogens with one attached hydrogen (secondary N) is 2. The highest BCUT2D eigenvalue weighted by Gasteiger charge is 2.35. The summed E-state index contributed by atoms with van der Waals surface area (Å²) in [6.45, 7) is 8.61. The Morgan fingerprint density at radius 3 is 2.80 bits per heavy atom. The molecule has 2 N–H and O–H groups in total. The Hall–Kier alpha value is -0.120. The van der Waals surface area contributed by atoms with Crippen molar-refractivity contribution in [3.05, 3.63) is 0 Å². The summed E-state index contributed by atoms with van der Waals surface area (Å²) in [6.07, 6.45) is 5.00. The molecule has 2 saturated heterocycles. The third-order valence-corrected chi connectivity index (χ3v) is 4.08. The van der Waals surface area contributed by atoms with Crippen LogP contribution in [0.2, 0.25) is 0 Å². The molecule has 2 unspecified atom stereocenters. The summed E-state index contributed by atoms with van der Waals surface area (Å²) in [6, 6.07) is 0. The van der Waals surface area contributed by atoms with Crippen molar-refractivity contribution in [2.24, 2.45) is 0 Å². The molecule has 0 bridgehead atoms. The maximum absolute atomic E-state index is 5.46. The standard InChI is InChI=1S/C12H24N2O/c1-3-12(5-4-7-13-12)9-14-11(2)6-8-15-10-11/h13-14H,3-10H2,1-2H3. The van der Waals surface area contributed by atoms with Gasteiger partial charge in [0.25, 0.3) is 0 Å². The van der Waals surface area contributed by atoms with E-state index in [0.717, 1.165) is 26.2 Å². The van der Waals surface area contributed by atoms with E-state index >= 15 is 0 Å². The lowest BCUT2D eigenvalue weighted by Crippen LogP contribution is -2.54.